The predicted octanol–water partition coefficient (Wildman–Crippen LogP) is 3.14. The minimum absolute atomic E-state index is 0. The molecule has 0 saturated carbocycles. The number of carbonyl (C=O) groups excluding carboxylic acids is 3. The highest BCUT2D eigenvalue weighted by atomic mass is 16.5. The highest BCUT2D eigenvalue weighted by Crippen LogP contribution is 2.21. The minimum Gasteiger partial charge on any atom is -0.550 e. The van der Waals surface area contributed by atoms with Crippen LogP contribution in [0.25, 0.3) is 11.1 Å². The van der Waals surface area contributed by atoms with Crippen LogP contribution in [0.2, 0.25) is 0 Å². The molecule has 6 nitrogen and oxygen atoms in total. The van der Waals surface area contributed by atoms with Crippen molar-refractivity contribution in [1.29, 1.82) is 0 Å². The van der Waals surface area contributed by atoms with Crippen LogP contribution in [0.1, 0.15) is 46.1 Å². The Kier molecular flexibility index (Phi) is 11.0. The van der Waals surface area contributed by atoms with Crippen LogP contribution in [-0.2, 0) is 25.5 Å². The topological polar surface area (TPSA) is 95.5 Å². The number of amides is 1. The van der Waals surface area contributed by atoms with E-state index in [1.165, 1.54) is 0 Å². The fraction of sp³-hybridized carbons (Fsp3) is 0.400. The van der Waals surface area contributed by atoms with Crippen molar-refractivity contribution in [2.24, 2.45) is 5.92 Å². The SMILES string of the molecule is C.CCOC(=O)[C@H](C)C[C@@H](Cc1ccc(-c2ccccc2)cc1)NC(=O)CCC(=O)[O-]. The van der Waals surface area contributed by atoms with Crippen LogP contribution in [0.5, 0.6) is 0 Å². The Morgan fingerprint density at radius 2 is 1.58 bits per heavy atom. The summed E-state index contributed by atoms with van der Waals surface area (Å²) >= 11 is 0. The van der Waals surface area contributed by atoms with E-state index in [0.717, 1.165) is 16.7 Å². The molecule has 0 spiro atoms. The number of carboxylic acids is 1. The number of esters is 1. The van der Waals surface area contributed by atoms with Crippen molar-refractivity contribution in [2.45, 2.75) is 53.0 Å². The van der Waals surface area contributed by atoms with Crippen molar-refractivity contribution in [1.82, 2.24) is 5.32 Å². The zero-order valence-electron chi connectivity index (χ0n) is 17.4. The second-order valence-corrected chi connectivity index (χ2v) is 7.29. The molecule has 0 saturated heterocycles. The highest BCUT2D eigenvalue weighted by Gasteiger charge is 2.22. The maximum atomic E-state index is 12.1. The monoisotopic (exact) mass is 426 g/mol. The van der Waals surface area contributed by atoms with Gasteiger partial charge >= 0.3 is 5.97 Å². The van der Waals surface area contributed by atoms with Gasteiger partial charge in [-0.1, -0.05) is 68.9 Å². The van der Waals surface area contributed by atoms with E-state index in [0.29, 0.717) is 19.4 Å². The van der Waals surface area contributed by atoms with E-state index in [1.807, 2.05) is 54.6 Å². The van der Waals surface area contributed by atoms with Gasteiger partial charge in [0.2, 0.25) is 5.91 Å². The first-order valence-corrected chi connectivity index (χ1v) is 10.2. The van der Waals surface area contributed by atoms with Crippen molar-refractivity contribution in [3.63, 3.8) is 0 Å². The van der Waals surface area contributed by atoms with Crippen LogP contribution in [0.15, 0.2) is 54.6 Å². The van der Waals surface area contributed by atoms with Crippen LogP contribution >= 0.6 is 0 Å². The van der Waals surface area contributed by atoms with Gasteiger partial charge in [0, 0.05) is 18.4 Å². The summed E-state index contributed by atoms with van der Waals surface area (Å²) < 4.78 is 5.07. The molecule has 0 fully saturated rings. The fourth-order valence-corrected chi connectivity index (χ4v) is 3.26. The van der Waals surface area contributed by atoms with Crippen molar-refractivity contribution in [2.75, 3.05) is 6.61 Å². The van der Waals surface area contributed by atoms with E-state index >= 15 is 0 Å². The summed E-state index contributed by atoms with van der Waals surface area (Å²) in [4.78, 5) is 34.8. The fourth-order valence-electron chi connectivity index (χ4n) is 3.26. The standard InChI is InChI=1S/C24H29NO5.CH4/c1-3-30-24(29)17(2)15-21(25-22(26)13-14-23(27)28)16-18-9-11-20(12-10-18)19-7-5-4-6-8-19;/h4-12,17,21H,3,13-16H2,1-2H3,(H,25,26)(H,27,28);1H4/p-1/t17-,21+;/m1./s1. The molecule has 0 aromatic heterocycles. The molecule has 2 atom stereocenters. The summed E-state index contributed by atoms with van der Waals surface area (Å²) in [5.41, 5.74) is 3.22. The van der Waals surface area contributed by atoms with Gasteiger partial charge in [-0.3, -0.25) is 9.59 Å². The van der Waals surface area contributed by atoms with Gasteiger partial charge in [-0.25, -0.2) is 0 Å². The summed E-state index contributed by atoms with van der Waals surface area (Å²) in [5, 5.41) is 13.5. The maximum absolute atomic E-state index is 12.1. The molecule has 0 heterocycles. The molecule has 2 aromatic carbocycles. The van der Waals surface area contributed by atoms with Crippen LogP contribution in [0, 0.1) is 5.92 Å². The molecular weight excluding hydrogens is 394 g/mol. The van der Waals surface area contributed by atoms with Gasteiger partial charge in [-0.2, -0.15) is 0 Å². The van der Waals surface area contributed by atoms with Gasteiger partial charge < -0.3 is 20.0 Å². The molecule has 1 amide bonds. The van der Waals surface area contributed by atoms with Gasteiger partial charge in [0.25, 0.3) is 0 Å². The van der Waals surface area contributed by atoms with Gasteiger partial charge in [0.05, 0.1) is 12.5 Å². The van der Waals surface area contributed by atoms with Crippen molar-refractivity contribution >= 4 is 17.8 Å². The molecule has 0 aliphatic carbocycles. The summed E-state index contributed by atoms with van der Waals surface area (Å²) in [6.45, 7) is 3.81. The van der Waals surface area contributed by atoms with Crippen LogP contribution < -0.4 is 10.4 Å². The van der Waals surface area contributed by atoms with Gasteiger partial charge in [0.1, 0.15) is 0 Å². The Hall–Kier alpha value is -3.15. The van der Waals surface area contributed by atoms with Crippen molar-refractivity contribution in [3.8, 4) is 11.1 Å². The number of ether oxygens (including phenoxy) is 1. The molecule has 6 heteroatoms. The normalized spacial score (nSPS) is 12.2. The molecule has 0 aliphatic heterocycles. The van der Waals surface area contributed by atoms with Crippen LogP contribution in [-0.4, -0.2) is 30.5 Å². The number of nitrogens with one attached hydrogen (secondary N) is 1. The Morgan fingerprint density at radius 1 is 0.968 bits per heavy atom. The number of benzene rings is 2. The lowest BCUT2D eigenvalue weighted by Crippen LogP contribution is -2.39. The van der Waals surface area contributed by atoms with E-state index in [1.54, 1.807) is 13.8 Å². The third kappa shape index (κ3) is 9.03. The Balaban J connectivity index is 0.00000480. The van der Waals surface area contributed by atoms with Gasteiger partial charge in [-0.05, 0) is 42.9 Å². The molecule has 0 bridgehead atoms. The molecule has 1 N–H and O–H groups in total. The third-order valence-electron chi connectivity index (χ3n) is 4.79. The highest BCUT2D eigenvalue weighted by molar-refractivity contribution is 5.80. The Morgan fingerprint density at radius 3 is 2.16 bits per heavy atom. The van der Waals surface area contributed by atoms with Crippen molar-refractivity contribution < 1.29 is 24.2 Å². The Bertz CT molecular complexity index is 833. The van der Waals surface area contributed by atoms with E-state index in [2.05, 4.69) is 5.32 Å². The molecule has 31 heavy (non-hydrogen) atoms. The number of rotatable bonds is 11. The second-order valence-electron chi connectivity index (χ2n) is 7.29. The number of hydrogen-bond acceptors (Lipinski definition) is 5. The van der Waals surface area contributed by atoms with E-state index in [-0.39, 0.29) is 44.1 Å². The summed E-state index contributed by atoms with van der Waals surface area (Å²) in [5.74, 6) is -2.34. The number of hydrogen-bond donors (Lipinski definition) is 1. The predicted molar refractivity (Wildman–Crippen MR) is 119 cm³/mol. The summed E-state index contributed by atoms with van der Waals surface area (Å²) in [6, 6.07) is 17.7. The van der Waals surface area contributed by atoms with Gasteiger partial charge in [0.15, 0.2) is 0 Å². The molecular formula is C25H32NO5-. The lowest BCUT2D eigenvalue weighted by Gasteiger charge is -2.22. The van der Waals surface area contributed by atoms with Crippen molar-refractivity contribution in [3.05, 3.63) is 60.2 Å². The Labute approximate surface area is 184 Å². The van der Waals surface area contributed by atoms with Crippen LogP contribution in [0.3, 0.4) is 0 Å². The first-order chi connectivity index (χ1) is 14.4. The minimum atomic E-state index is -1.27. The number of carboxylic acid groups (broad SMARTS) is 1. The third-order valence-corrected chi connectivity index (χ3v) is 4.79. The largest absolute Gasteiger partial charge is 0.550 e. The lowest BCUT2D eigenvalue weighted by molar-refractivity contribution is -0.305. The average Bonchev–Trinajstić information content (AvgIpc) is 2.73. The first kappa shape index (κ1) is 25.9. The molecule has 0 aliphatic rings. The zero-order valence-corrected chi connectivity index (χ0v) is 17.4. The second kappa shape index (κ2) is 13.2. The molecule has 0 radical (unpaired) electrons. The number of aliphatic carboxylic acids is 1. The molecule has 0 unspecified atom stereocenters. The number of carbonyl (C=O) groups is 3. The molecule has 2 rings (SSSR count). The zero-order chi connectivity index (χ0) is 21.9. The summed E-state index contributed by atoms with van der Waals surface area (Å²) in [6.07, 6.45) is 0.434. The van der Waals surface area contributed by atoms with E-state index in [9.17, 15) is 19.5 Å². The lowest BCUT2D eigenvalue weighted by atomic mass is 9.94. The molecule has 168 valence electrons. The quantitative estimate of drug-likeness (QED) is 0.557. The van der Waals surface area contributed by atoms with Crippen LogP contribution in [0.4, 0.5) is 0 Å². The van der Waals surface area contributed by atoms with E-state index < -0.39 is 5.97 Å². The smallest absolute Gasteiger partial charge is 0.308 e. The van der Waals surface area contributed by atoms with E-state index in [4.69, 9.17) is 4.74 Å². The maximum Gasteiger partial charge on any atom is 0.308 e. The summed E-state index contributed by atoms with van der Waals surface area (Å²) in [7, 11) is 0. The van der Waals surface area contributed by atoms with Gasteiger partial charge in [-0.15, -0.1) is 0 Å². The first-order valence-electron chi connectivity index (χ1n) is 10.2. The molecule has 2 aromatic rings. The average molecular weight is 427 g/mol.